The number of piperazine rings is 1. The van der Waals surface area contributed by atoms with Crippen molar-refractivity contribution < 1.29 is 14.3 Å². The molecule has 1 aromatic heterocycles. The number of nitrogens with zero attached hydrogens (tertiary/aromatic N) is 3. The first kappa shape index (κ1) is 18.6. The highest BCUT2D eigenvalue weighted by molar-refractivity contribution is 5.94. The average Bonchev–Trinajstić information content (AvgIpc) is 2.74. The minimum atomic E-state index is -0.116. The first-order valence-corrected chi connectivity index (χ1v) is 9.75. The second-order valence-corrected chi connectivity index (χ2v) is 7.24. The fraction of sp³-hybridized carbons (Fsp3) is 0.429. The lowest BCUT2D eigenvalue weighted by Crippen LogP contribution is -2.44. The number of hydrogen-bond acceptors (Lipinski definition) is 6. The normalized spacial score (nSPS) is 19.3. The molecule has 0 saturated carbocycles. The molecule has 2 aliphatic heterocycles. The number of carbonyl (C=O) groups excluding carboxylic acids is 1. The van der Waals surface area contributed by atoms with Crippen LogP contribution in [-0.2, 0) is 0 Å². The Bertz CT molecular complexity index is 804. The SMILES string of the molecule is CN1CCN(c2ccc(C(=O)NCCC3COc4ccccc4O3)cn2)CC1. The summed E-state index contributed by atoms with van der Waals surface area (Å²) >= 11 is 0. The lowest BCUT2D eigenvalue weighted by Gasteiger charge is -2.33. The van der Waals surface area contributed by atoms with Gasteiger partial charge in [-0.3, -0.25) is 4.79 Å². The molecule has 2 aromatic rings. The van der Waals surface area contributed by atoms with E-state index in [4.69, 9.17) is 9.47 Å². The molecule has 0 spiro atoms. The zero-order chi connectivity index (χ0) is 19.3. The molecule has 2 aliphatic rings. The summed E-state index contributed by atoms with van der Waals surface area (Å²) in [7, 11) is 2.13. The third kappa shape index (κ3) is 4.36. The molecule has 0 radical (unpaired) electrons. The lowest BCUT2D eigenvalue weighted by molar-refractivity contribution is 0.0812. The average molecular weight is 382 g/mol. The Hall–Kier alpha value is -2.80. The monoisotopic (exact) mass is 382 g/mol. The molecule has 1 atom stereocenters. The summed E-state index contributed by atoms with van der Waals surface area (Å²) in [6.07, 6.45) is 2.28. The molecule has 1 N–H and O–H groups in total. The molecule has 1 saturated heterocycles. The Balaban J connectivity index is 1.24. The molecule has 1 amide bonds. The van der Waals surface area contributed by atoms with Crippen LogP contribution in [0, 0.1) is 0 Å². The second-order valence-electron chi connectivity index (χ2n) is 7.24. The summed E-state index contributed by atoms with van der Waals surface area (Å²) in [5.74, 6) is 2.34. The van der Waals surface area contributed by atoms with Crippen LogP contribution in [0.2, 0.25) is 0 Å². The van der Waals surface area contributed by atoms with Crippen molar-refractivity contribution in [3.63, 3.8) is 0 Å². The highest BCUT2D eigenvalue weighted by atomic mass is 16.6. The number of pyridine rings is 1. The van der Waals surface area contributed by atoms with Crippen molar-refractivity contribution in [2.24, 2.45) is 0 Å². The Morgan fingerprint density at radius 3 is 2.68 bits per heavy atom. The number of amides is 1. The first-order valence-electron chi connectivity index (χ1n) is 9.75. The molecular weight excluding hydrogens is 356 g/mol. The minimum Gasteiger partial charge on any atom is -0.486 e. The molecule has 3 heterocycles. The van der Waals surface area contributed by atoms with Gasteiger partial charge in [-0.05, 0) is 31.3 Å². The van der Waals surface area contributed by atoms with Gasteiger partial charge in [0.15, 0.2) is 11.5 Å². The van der Waals surface area contributed by atoms with E-state index in [9.17, 15) is 4.79 Å². The maximum Gasteiger partial charge on any atom is 0.252 e. The number of anilines is 1. The Kier molecular flexibility index (Phi) is 5.62. The molecule has 28 heavy (non-hydrogen) atoms. The van der Waals surface area contributed by atoms with Crippen LogP contribution in [0.4, 0.5) is 5.82 Å². The molecule has 1 fully saturated rings. The zero-order valence-corrected chi connectivity index (χ0v) is 16.1. The van der Waals surface area contributed by atoms with Crippen LogP contribution >= 0.6 is 0 Å². The number of carbonyl (C=O) groups is 1. The van der Waals surface area contributed by atoms with Gasteiger partial charge in [-0.1, -0.05) is 12.1 Å². The predicted molar refractivity (Wildman–Crippen MR) is 107 cm³/mol. The number of fused-ring (bicyclic) bond motifs is 1. The third-order valence-corrected chi connectivity index (χ3v) is 5.16. The fourth-order valence-electron chi connectivity index (χ4n) is 3.40. The first-order chi connectivity index (χ1) is 13.7. The molecule has 4 rings (SSSR count). The Labute approximate surface area is 165 Å². The van der Waals surface area contributed by atoms with Crippen LogP contribution in [0.3, 0.4) is 0 Å². The van der Waals surface area contributed by atoms with E-state index in [1.54, 1.807) is 6.20 Å². The van der Waals surface area contributed by atoms with Crippen molar-refractivity contribution in [2.45, 2.75) is 12.5 Å². The number of para-hydroxylation sites is 2. The van der Waals surface area contributed by atoms with E-state index in [1.165, 1.54) is 0 Å². The Morgan fingerprint density at radius 2 is 1.93 bits per heavy atom. The van der Waals surface area contributed by atoms with Crippen molar-refractivity contribution in [2.75, 3.05) is 51.3 Å². The second kappa shape index (κ2) is 8.48. The number of likely N-dealkylation sites (N-methyl/N-ethyl adjacent to an activating group) is 1. The summed E-state index contributed by atoms with van der Waals surface area (Å²) < 4.78 is 11.6. The van der Waals surface area contributed by atoms with Crippen LogP contribution in [0.25, 0.3) is 0 Å². The summed E-state index contributed by atoms with van der Waals surface area (Å²) in [6.45, 7) is 5.00. The van der Waals surface area contributed by atoms with E-state index in [0.717, 1.165) is 43.5 Å². The van der Waals surface area contributed by atoms with Gasteiger partial charge >= 0.3 is 0 Å². The van der Waals surface area contributed by atoms with Crippen molar-refractivity contribution >= 4 is 11.7 Å². The number of aromatic nitrogens is 1. The molecule has 7 heteroatoms. The van der Waals surface area contributed by atoms with Gasteiger partial charge < -0.3 is 24.6 Å². The minimum absolute atomic E-state index is 0.0621. The molecule has 0 aliphatic carbocycles. The maximum atomic E-state index is 12.4. The lowest BCUT2D eigenvalue weighted by atomic mass is 10.2. The van der Waals surface area contributed by atoms with E-state index in [0.29, 0.717) is 25.1 Å². The van der Waals surface area contributed by atoms with Crippen molar-refractivity contribution in [1.82, 2.24) is 15.2 Å². The van der Waals surface area contributed by atoms with Crippen molar-refractivity contribution in [1.29, 1.82) is 0 Å². The van der Waals surface area contributed by atoms with Gasteiger partial charge in [-0.15, -0.1) is 0 Å². The van der Waals surface area contributed by atoms with Crippen LogP contribution in [0.1, 0.15) is 16.8 Å². The Morgan fingerprint density at radius 1 is 1.14 bits per heavy atom. The quantitative estimate of drug-likeness (QED) is 0.851. The van der Waals surface area contributed by atoms with E-state index >= 15 is 0 Å². The summed E-state index contributed by atoms with van der Waals surface area (Å²) in [5.41, 5.74) is 0.573. The summed E-state index contributed by atoms with van der Waals surface area (Å²) in [6, 6.07) is 11.4. The molecule has 148 valence electrons. The van der Waals surface area contributed by atoms with Gasteiger partial charge in [0.25, 0.3) is 5.91 Å². The predicted octanol–water partition coefficient (Wildman–Crippen LogP) is 1.79. The molecule has 1 aromatic carbocycles. The largest absolute Gasteiger partial charge is 0.486 e. The van der Waals surface area contributed by atoms with Gasteiger partial charge in [-0.2, -0.15) is 0 Å². The van der Waals surface area contributed by atoms with Gasteiger partial charge in [-0.25, -0.2) is 4.98 Å². The van der Waals surface area contributed by atoms with E-state index < -0.39 is 0 Å². The van der Waals surface area contributed by atoms with Gasteiger partial charge in [0.1, 0.15) is 18.5 Å². The number of nitrogens with one attached hydrogen (secondary N) is 1. The maximum absolute atomic E-state index is 12.4. The van der Waals surface area contributed by atoms with Crippen LogP contribution in [-0.4, -0.2) is 68.3 Å². The van der Waals surface area contributed by atoms with Crippen LogP contribution in [0.5, 0.6) is 11.5 Å². The summed E-state index contributed by atoms with van der Waals surface area (Å²) in [5, 5.41) is 2.94. The van der Waals surface area contributed by atoms with E-state index in [1.807, 2.05) is 36.4 Å². The third-order valence-electron chi connectivity index (χ3n) is 5.16. The smallest absolute Gasteiger partial charge is 0.252 e. The molecule has 7 nitrogen and oxygen atoms in total. The highest BCUT2D eigenvalue weighted by Crippen LogP contribution is 2.31. The number of rotatable bonds is 5. The zero-order valence-electron chi connectivity index (χ0n) is 16.1. The molecule has 1 unspecified atom stereocenters. The van der Waals surface area contributed by atoms with Crippen molar-refractivity contribution in [3.05, 3.63) is 48.2 Å². The van der Waals surface area contributed by atoms with Crippen LogP contribution in [0.15, 0.2) is 42.6 Å². The van der Waals surface area contributed by atoms with Crippen molar-refractivity contribution in [3.8, 4) is 11.5 Å². The fourth-order valence-corrected chi connectivity index (χ4v) is 3.40. The topological polar surface area (TPSA) is 66.9 Å². The molecular formula is C21H26N4O3. The van der Waals surface area contributed by atoms with Gasteiger partial charge in [0.2, 0.25) is 0 Å². The van der Waals surface area contributed by atoms with E-state index in [2.05, 4.69) is 27.1 Å². The standard InChI is InChI=1S/C21H26N4O3/c1-24-10-12-25(13-11-24)20-7-6-16(14-23-20)21(26)22-9-8-17-15-27-18-4-2-3-5-19(18)28-17/h2-7,14,17H,8-13,15H2,1H3,(H,22,26). The highest BCUT2D eigenvalue weighted by Gasteiger charge is 2.20. The summed E-state index contributed by atoms with van der Waals surface area (Å²) in [4.78, 5) is 21.4. The number of benzene rings is 1. The number of ether oxygens (including phenoxy) is 2. The van der Waals surface area contributed by atoms with E-state index in [-0.39, 0.29) is 12.0 Å². The van der Waals surface area contributed by atoms with Crippen LogP contribution < -0.4 is 19.7 Å². The van der Waals surface area contributed by atoms with Gasteiger partial charge in [0.05, 0.1) is 5.56 Å². The number of hydrogen-bond donors (Lipinski definition) is 1. The van der Waals surface area contributed by atoms with Gasteiger partial charge in [0, 0.05) is 45.3 Å². The molecule has 0 bridgehead atoms.